The van der Waals surface area contributed by atoms with Gasteiger partial charge >= 0.3 is 7.12 Å². The van der Waals surface area contributed by atoms with E-state index in [0.717, 1.165) is 5.46 Å². The van der Waals surface area contributed by atoms with Crippen LogP contribution < -0.4 is 5.46 Å². The molecular formula is C14H21BO4. The summed E-state index contributed by atoms with van der Waals surface area (Å²) in [7, 11) is -0.398. The summed E-state index contributed by atoms with van der Waals surface area (Å²) in [6.45, 7) is 7.76. The zero-order valence-corrected chi connectivity index (χ0v) is 11.9. The fourth-order valence-electron chi connectivity index (χ4n) is 1.96. The number of rotatable bonds is 3. The minimum atomic E-state index is -0.840. The number of hydrogen-bond acceptors (Lipinski definition) is 4. The topological polar surface area (TPSA) is 58.9 Å². The van der Waals surface area contributed by atoms with E-state index in [9.17, 15) is 5.11 Å². The third-order valence-electron chi connectivity index (χ3n) is 4.02. The van der Waals surface area contributed by atoms with Crippen LogP contribution >= 0.6 is 0 Å². The maximum absolute atomic E-state index is 9.54. The Kier molecular flexibility index (Phi) is 3.75. The van der Waals surface area contributed by atoms with E-state index in [-0.39, 0.29) is 17.8 Å². The lowest BCUT2D eigenvalue weighted by atomic mass is 9.78. The van der Waals surface area contributed by atoms with Crippen LogP contribution in [0.25, 0.3) is 0 Å². The Morgan fingerprint density at radius 3 is 1.95 bits per heavy atom. The van der Waals surface area contributed by atoms with Crippen molar-refractivity contribution in [2.45, 2.75) is 45.0 Å². The Labute approximate surface area is 114 Å². The molecule has 1 aliphatic rings. The standard InChI is InChI=1S/C14H21BO4/c1-13(2)14(3,4)19-15(18-13)11-7-5-10(6-8-11)12(17)9-16/h5-8,12,16-17H,9H2,1-4H3/t12-/m0/s1. The van der Waals surface area contributed by atoms with Crippen molar-refractivity contribution in [2.75, 3.05) is 6.61 Å². The SMILES string of the molecule is CC1(C)OB(c2ccc([C@@H](O)CO)cc2)OC1(C)C. The van der Waals surface area contributed by atoms with Gasteiger partial charge in [0.2, 0.25) is 0 Å². The van der Waals surface area contributed by atoms with Crippen molar-refractivity contribution in [2.24, 2.45) is 0 Å². The van der Waals surface area contributed by atoms with Gasteiger partial charge in [-0.25, -0.2) is 0 Å². The molecule has 1 saturated heterocycles. The zero-order valence-electron chi connectivity index (χ0n) is 11.9. The molecule has 0 saturated carbocycles. The van der Waals surface area contributed by atoms with E-state index in [0.29, 0.717) is 5.56 Å². The number of benzene rings is 1. The van der Waals surface area contributed by atoms with Crippen molar-refractivity contribution >= 4 is 12.6 Å². The van der Waals surface area contributed by atoms with E-state index >= 15 is 0 Å². The first-order chi connectivity index (χ1) is 8.77. The third kappa shape index (κ3) is 2.70. The largest absolute Gasteiger partial charge is 0.494 e. The van der Waals surface area contributed by atoms with E-state index < -0.39 is 13.2 Å². The molecule has 5 heteroatoms. The Morgan fingerprint density at radius 2 is 1.53 bits per heavy atom. The molecular weight excluding hydrogens is 243 g/mol. The fourth-order valence-corrected chi connectivity index (χ4v) is 1.96. The van der Waals surface area contributed by atoms with Gasteiger partial charge in [-0.15, -0.1) is 0 Å². The van der Waals surface area contributed by atoms with Gasteiger partial charge < -0.3 is 19.5 Å². The van der Waals surface area contributed by atoms with Gasteiger partial charge in [0, 0.05) is 0 Å². The summed E-state index contributed by atoms with van der Waals surface area (Å²) in [6.07, 6.45) is -0.840. The molecule has 2 rings (SSSR count). The van der Waals surface area contributed by atoms with Gasteiger partial charge in [0.1, 0.15) is 6.10 Å². The van der Waals surface area contributed by atoms with Crippen molar-refractivity contribution in [3.63, 3.8) is 0 Å². The summed E-state index contributed by atoms with van der Waals surface area (Å²) >= 11 is 0. The number of aliphatic hydroxyl groups excluding tert-OH is 2. The van der Waals surface area contributed by atoms with Crippen LogP contribution in [0.1, 0.15) is 39.4 Å². The first kappa shape index (κ1) is 14.5. The van der Waals surface area contributed by atoms with Gasteiger partial charge in [-0.3, -0.25) is 0 Å². The zero-order chi connectivity index (χ0) is 14.3. The van der Waals surface area contributed by atoms with Crippen molar-refractivity contribution in [3.05, 3.63) is 29.8 Å². The molecule has 4 nitrogen and oxygen atoms in total. The van der Waals surface area contributed by atoms with E-state index in [4.69, 9.17) is 14.4 Å². The molecule has 0 aromatic heterocycles. The summed E-state index contributed by atoms with van der Waals surface area (Å²) in [5.74, 6) is 0. The molecule has 1 heterocycles. The van der Waals surface area contributed by atoms with Gasteiger partial charge in [0.05, 0.1) is 17.8 Å². The van der Waals surface area contributed by atoms with Crippen LogP contribution in [-0.4, -0.2) is 35.1 Å². The second-order valence-electron chi connectivity index (χ2n) is 5.95. The molecule has 2 N–H and O–H groups in total. The summed E-state index contributed by atoms with van der Waals surface area (Å²) in [5.41, 5.74) is 0.873. The molecule has 104 valence electrons. The van der Waals surface area contributed by atoms with E-state index in [1.165, 1.54) is 0 Å². The average molecular weight is 264 g/mol. The van der Waals surface area contributed by atoms with Crippen molar-refractivity contribution < 1.29 is 19.5 Å². The van der Waals surface area contributed by atoms with Crippen LogP contribution in [-0.2, 0) is 9.31 Å². The van der Waals surface area contributed by atoms with Crippen molar-refractivity contribution in [1.29, 1.82) is 0 Å². The molecule has 1 aromatic carbocycles. The van der Waals surface area contributed by atoms with Crippen LogP contribution in [0.4, 0.5) is 0 Å². The highest BCUT2D eigenvalue weighted by Gasteiger charge is 2.51. The molecule has 0 bridgehead atoms. The third-order valence-corrected chi connectivity index (χ3v) is 4.02. The molecule has 1 aliphatic heterocycles. The summed E-state index contributed by atoms with van der Waals surface area (Å²) < 4.78 is 11.9. The molecule has 0 aliphatic carbocycles. The van der Waals surface area contributed by atoms with Gasteiger partial charge in [-0.2, -0.15) is 0 Å². The predicted octanol–water partition coefficient (Wildman–Crippen LogP) is 1.01. The van der Waals surface area contributed by atoms with Crippen molar-refractivity contribution in [3.8, 4) is 0 Å². The lowest BCUT2D eigenvalue weighted by molar-refractivity contribution is 0.00578. The average Bonchev–Trinajstić information content (AvgIpc) is 2.58. The fraction of sp³-hybridized carbons (Fsp3) is 0.571. The smallest absolute Gasteiger partial charge is 0.399 e. The van der Waals surface area contributed by atoms with Gasteiger partial charge in [-0.1, -0.05) is 24.3 Å². The molecule has 0 unspecified atom stereocenters. The molecule has 1 atom stereocenters. The van der Waals surface area contributed by atoms with Crippen molar-refractivity contribution in [1.82, 2.24) is 0 Å². The lowest BCUT2D eigenvalue weighted by Gasteiger charge is -2.32. The molecule has 0 spiro atoms. The maximum atomic E-state index is 9.54. The Bertz CT molecular complexity index is 425. The van der Waals surface area contributed by atoms with Crippen LogP contribution in [0, 0.1) is 0 Å². The minimum Gasteiger partial charge on any atom is -0.399 e. The normalized spacial score (nSPS) is 22.5. The number of hydrogen-bond donors (Lipinski definition) is 2. The molecule has 19 heavy (non-hydrogen) atoms. The van der Waals surface area contributed by atoms with E-state index in [2.05, 4.69) is 0 Å². The highest BCUT2D eigenvalue weighted by Crippen LogP contribution is 2.36. The van der Waals surface area contributed by atoms with Gasteiger partial charge in [0.15, 0.2) is 0 Å². The lowest BCUT2D eigenvalue weighted by Crippen LogP contribution is -2.41. The Hall–Kier alpha value is -0.875. The monoisotopic (exact) mass is 264 g/mol. The summed E-state index contributed by atoms with van der Waals surface area (Å²) in [4.78, 5) is 0. The minimum absolute atomic E-state index is 0.282. The Balaban J connectivity index is 2.17. The first-order valence-corrected chi connectivity index (χ1v) is 6.51. The second kappa shape index (κ2) is 4.91. The predicted molar refractivity (Wildman–Crippen MR) is 74.2 cm³/mol. The summed E-state index contributed by atoms with van der Waals surface area (Å²) in [5, 5.41) is 18.4. The Morgan fingerprint density at radius 1 is 1.05 bits per heavy atom. The van der Waals surface area contributed by atoms with Crippen LogP contribution in [0.15, 0.2) is 24.3 Å². The van der Waals surface area contributed by atoms with Crippen LogP contribution in [0.3, 0.4) is 0 Å². The van der Waals surface area contributed by atoms with Gasteiger partial charge in [-0.05, 0) is 38.7 Å². The van der Waals surface area contributed by atoms with Crippen LogP contribution in [0.2, 0.25) is 0 Å². The van der Waals surface area contributed by atoms with E-state index in [1.54, 1.807) is 12.1 Å². The van der Waals surface area contributed by atoms with Crippen LogP contribution in [0.5, 0.6) is 0 Å². The maximum Gasteiger partial charge on any atom is 0.494 e. The highest BCUT2D eigenvalue weighted by atomic mass is 16.7. The molecule has 0 radical (unpaired) electrons. The number of aliphatic hydroxyl groups is 2. The molecule has 1 fully saturated rings. The quantitative estimate of drug-likeness (QED) is 0.800. The molecule has 1 aromatic rings. The second-order valence-corrected chi connectivity index (χ2v) is 5.95. The molecule has 0 amide bonds. The van der Waals surface area contributed by atoms with E-state index in [1.807, 2.05) is 39.8 Å². The highest BCUT2D eigenvalue weighted by molar-refractivity contribution is 6.62. The van der Waals surface area contributed by atoms with Gasteiger partial charge in [0.25, 0.3) is 0 Å². The first-order valence-electron chi connectivity index (χ1n) is 6.51. The summed E-state index contributed by atoms with van der Waals surface area (Å²) in [6, 6.07) is 7.27.